The molecular formula is C12H15ClN2O2. The van der Waals surface area contributed by atoms with Crippen LogP contribution in [-0.4, -0.2) is 30.6 Å². The highest BCUT2D eigenvalue weighted by Gasteiger charge is 2.16. The van der Waals surface area contributed by atoms with Crippen LogP contribution in [-0.2, 0) is 4.74 Å². The zero-order valence-electron chi connectivity index (χ0n) is 9.49. The zero-order valence-corrected chi connectivity index (χ0v) is 10.2. The molecule has 4 nitrogen and oxygen atoms in total. The summed E-state index contributed by atoms with van der Waals surface area (Å²) in [5.41, 5.74) is 0.422. The molecule has 1 saturated heterocycles. The van der Waals surface area contributed by atoms with E-state index in [9.17, 15) is 4.79 Å². The van der Waals surface area contributed by atoms with E-state index in [2.05, 4.69) is 10.3 Å². The summed E-state index contributed by atoms with van der Waals surface area (Å²) in [6.07, 6.45) is 5.21. The van der Waals surface area contributed by atoms with Crippen molar-refractivity contribution in [1.29, 1.82) is 0 Å². The molecule has 0 saturated carbocycles. The van der Waals surface area contributed by atoms with Crippen molar-refractivity contribution in [3.63, 3.8) is 0 Å². The van der Waals surface area contributed by atoms with Gasteiger partial charge in [0, 0.05) is 25.5 Å². The molecule has 17 heavy (non-hydrogen) atoms. The van der Waals surface area contributed by atoms with Gasteiger partial charge in [0.05, 0.1) is 17.2 Å². The van der Waals surface area contributed by atoms with Gasteiger partial charge < -0.3 is 10.1 Å². The third-order valence-electron chi connectivity index (χ3n) is 2.82. The molecule has 1 aliphatic heterocycles. The van der Waals surface area contributed by atoms with Crippen molar-refractivity contribution in [2.45, 2.75) is 12.8 Å². The van der Waals surface area contributed by atoms with E-state index in [1.165, 1.54) is 6.20 Å². The van der Waals surface area contributed by atoms with E-state index < -0.39 is 0 Å². The number of amides is 1. The minimum absolute atomic E-state index is 0.173. The molecule has 0 bridgehead atoms. The van der Waals surface area contributed by atoms with Gasteiger partial charge in [0.2, 0.25) is 0 Å². The lowest BCUT2D eigenvalue weighted by molar-refractivity contribution is 0.0536. The Balaban J connectivity index is 1.87. The number of carbonyl (C=O) groups is 1. The van der Waals surface area contributed by atoms with Crippen LogP contribution in [0.3, 0.4) is 0 Å². The summed E-state index contributed by atoms with van der Waals surface area (Å²) < 4.78 is 5.35. The lowest BCUT2D eigenvalue weighted by Gasteiger charge is -2.22. The molecule has 1 aromatic rings. The van der Waals surface area contributed by atoms with Crippen LogP contribution in [0.2, 0.25) is 5.02 Å². The monoisotopic (exact) mass is 254 g/mol. The summed E-state index contributed by atoms with van der Waals surface area (Å²) in [5, 5.41) is 3.29. The Kier molecular flexibility index (Phi) is 4.34. The predicted octanol–water partition coefficient (Wildman–Crippen LogP) is 1.89. The van der Waals surface area contributed by atoms with Crippen molar-refractivity contribution in [3.8, 4) is 0 Å². The first-order chi connectivity index (χ1) is 8.27. The molecule has 5 heteroatoms. The highest BCUT2D eigenvalue weighted by Crippen LogP contribution is 2.15. The van der Waals surface area contributed by atoms with Crippen LogP contribution in [0.4, 0.5) is 0 Å². The van der Waals surface area contributed by atoms with Gasteiger partial charge >= 0.3 is 0 Å². The highest BCUT2D eigenvalue weighted by molar-refractivity contribution is 6.33. The zero-order chi connectivity index (χ0) is 12.1. The van der Waals surface area contributed by atoms with E-state index in [0.717, 1.165) is 26.1 Å². The molecule has 1 amide bonds. The molecule has 1 aromatic heterocycles. The van der Waals surface area contributed by atoms with Gasteiger partial charge in [-0.15, -0.1) is 0 Å². The third kappa shape index (κ3) is 3.41. The van der Waals surface area contributed by atoms with E-state index in [0.29, 0.717) is 23.0 Å². The molecule has 0 radical (unpaired) electrons. The SMILES string of the molecule is O=C(NCC1CCCOC1)c1cnccc1Cl. The molecule has 1 N–H and O–H groups in total. The summed E-state index contributed by atoms with van der Waals surface area (Å²) in [6.45, 7) is 2.18. The number of hydrogen-bond donors (Lipinski definition) is 1. The number of halogens is 1. The molecule has 1 unspecified atom stereocenters. The summed E-state index contributed by atoms with van der Waals surface area (Å²) in [5.74, 6) is 0.233. The van der Waals surface area contributed by atoms with Gasteiger partial charge in [-0.1, -0.05) is 11.6 Å². The Morgan fingerprint density at radius 2 is 2.53 bits per heavy atom. The Bertz CT molecular complexity index is 392. The van der Waals surface area contributed by atoms with E-state index in [4.69, 9.17) is 16.3 Å². The maximum Gasteiger partial charge on any atom is 0.254 e. The third-order valence-corrected chi connectivity index (χ3v) is 3.15. The largest absolute Gasteiger partial charge is 0.381 e. The number of nitrogens with one attached hydrogen (secondary N) is 1. The number of pyridine rings is 1. The van der Waals surface area contributed by atoms with Crippen molar-refractivity contribution in [3.05, 3.63) is 29.0 Å². The Morgan fingerprint density at radius 1 is 1.65 bits per heavy atom. The van der Waals surface area contributed by atoms with Crippen molar-refractivity contribution >= 4 is 17.5 Å². The first-order valence-electron chi connectivity index (χ1n) is 5.73. The Hall–Kier alpha value is -1.13. The van der Waals surface area contributed by atoms with Gasteiger partial charge in [-0.05, 0) is 24.8 Å². The van der Waals surface area contributed by atoms with Crippen LogP contribution in [0.5, 0.6) is 0 Å². The number of rotatable bonds is 3. The maximum absolute atomic E-state index is 11.8. The standard InChI is InChI=1S/C12H15ClN2O2/c13-11-3-4-14-7-10(11)12(16)15-6-9-2-1-5-17-8-9/h3-4,7,9H,1-2,5-6,8H2,(H,15,16). The fraction of sp³-hybridized carbons (Fsp3) is 0.500. The first-order valence-corrected chi connectivity index (χ1v) is 6.10. The lowest BCUT2D eigenvalue weighted by atomic mass is 10.0. The van der Waals surface area contributed by atoms with E-state index in [-0.39, 0.29) is 5.91 Å². The topological polar surface area (TPSA) is 51.2 Å². The van der Waals surface area contributed by atoms with Crippen LogP contribution in [0.1, 0.15) is 23.2 Å². The molecule has 1 aliphatic rings. The molecule has 2 rings (SSSR count). The molecule has 92 valence electrons. The van der Waals surface area contributed by atoms with Gasteiger partial charge in [-0.3, -0.25) is 9.78 Å². The minimum atomic E-state index is -0.173. The number of nitrogens with zero attached hydrogens (tertiary/aromatic N) is 1. The molecule has 1 fully saturated rings. The second kappa shape index (κ2) is 5.98. The van der Waals surface area contributed by atoms with Gasteiger partial charge in [-0.25, -0.2) is 0 Å². The van der Waals surface area contributed by atoms with Gasteiger partial charge in [0.25, 0.3) is 5.91 Å². The van der Waals surface area contributed by atoms with Gasteiger partial charge in [-0.2, -0.15) is 0 Å². The van der Waals surface area contributed by atoms with Crippen LogP contribution < -0.4 is 5.32 Å². The molecule has 0 aliphatic carbocycles. The van der Waals surface area contributed by atoms with Crippen molar-refractivity contribution in [2.24, 2.45) is 5.92 Å². The van der Waals surface area contributed by atoms with Crippen molar-refractivity contribution in [1.82, 2.24) is 10.3 Å². The second-order valence-electron chi connectivity index (χ2n) is 4.15. The summed E-state index contributed by atoms with van der Waals surface area (Å²) in [7, 11) is 0. The van der Waals surface area contributed by atoms with E-state index in [1.807, 2.05) is 0 Å². The number of hydrogen-bond acceptors (Lipinski definition) is 3. The summed E-state index contributed by atoms with van der Waals surface area (Å²) in [6, 6.07) is 1.61. The quantitative estimate of drug-likeness (QED) is 0.896. The Labute approximate surface area is 105 Å². The van der Waals surface area contributed by atoms with Crippen molar-refractivity contribution < 1.29 is 9.53 Å². The predicted molar refractivity (Wildman–Crippen MR) is 65.1 cm³/mol. The summed E-state index contributed by atoms with van der Waals surface area (Å²) in [4.78, 5) is 15.7. The average Bonchev–Trinajstić information content (AvgIpc) is 2.38. The minimum Gasteiger partial charge on any atom is -0.381 e. The van der Waals surface area contributed by atoms with Crippen LogP contribution >= 0.6 is 11.6 Å². The molecular weight excluding hydrogens is 240 g/mol. The first kappa shape index (κ1) is 12.3. The van der Waals surface area contributed by atoms with Crippen LogP contribution in [0, 0.1) is 5.92 Å². The van der Waals surface area contributed by atoms with E-state index in [1.54, 1.807) is 12.3 Å². The fourth-order valence-corrected chi connectivity index (χ4v) is 2.04. The lowest BCUT2D eigenvalue weighted by Crippen LogP contribution is -2.33. The molecule has 0 spiro atoms. The highest BCUT2D eigenvalue weighted by atomic mass is 35.5. The maximum atomic E-state index is 11.8. The van der Waals surface area contributed by atoms with Gasteiger partial charge in [0.1, 0.15) is 0 Å². The second-order valence-corrected chi connectivity index (χ2v) is 4.56. The summed E-state index contributed by atoms with van der Waals surface area (Å²) >= 11 is 5.92. The van der Waals surface area contributed by atoms with E-state index >= 15 is 0 Å². The van der Waals surface area contributed by atoms with Crippen LogP contribution in [0.15, 0.2) is 18.5 Å². The Morgan fingerprint density at radius 3 is 3.24 bits per heavy atom. The molecule has 0 aromatic carbocycles. The molecule has 2 heterocycles. The molecule has 1 atom stereocenters. The smallest absolute Gasteiger partial charge is 0.254 e. The number of carbonyl (C=O) groups excluding carboxylic acids is 1. The van der Waals surface area contributed by atoms with Gasteiger partial charge in [0.15, 0.2) is 0 Å². The van der Waals surface area contributed by atoms with Crippen molar-refractivity contribution in [2.75, 3.05) is 19.8 Å². The number of ether oxygens (including phenoxy) is 1. The fourth-order valence-electron chi connectivity index (χ4n) is 1.85. The average molecular weight is 255 g/mol. The van der Waals surface area contributed by atoms with Crippen LogP contribution in [0.25, 0.3) is 0 Å². The normalized spacial score (nSPS) is 19.9. The number of aromatic nitrogens is 1.